The van der Waals surface area contributed by atoms with Crippen molar-refractivity contribution in [3.63, 3.8) is 0 Å². The standard InChI is InChI=1S/C23H28N2O3S/c1-6-16-25(17-7-2)29(27,28)21-14-12-20(13-15-21)24-22(26)18-8-10-19(11-9-18)23(3,4)5/h6-15H,1-2,16-17H2,3-5H3,(H,24,26). The highest BCUT2D eigenvalue weighted by atomic mass is 32.2. The van der Waals surface area contributed by atoms with Crippen molar-refractivity contribution < 1.29 is 13.2 Å². The lowest BCUT2D eigenvalue weighted by Crippen LogP contribution is -2.31. The SMILES string of the molecule is C=CCN(CC=C)S(=O)(=O)c1ccc(NC(=O)c2ccc(C(C)(C)C)cc2)cc1. The summed E-state index contributed by atoms with van der Waals surface area (Å²) in [5, 5.41) is 2.79. The molecule has 0 spiro atoms. The van der Waals surface area contributed by atoms with Crippen LogP contribution in [0.15, 0.2) is 78.7 Å². The molecule has 0 bridgehead atoms. The second kappa shape index (κ2) is 9.20. The number of anilines is 1. The summed E-state index contributed by atoms with van der Waals surface area (Å²) >= 11 is 0. The summed E-state index contributed by atoms with van der Waals surface area (Å²) in [5.41, 5.74) is 2.22. The molecule has 2 aromatic carbocycles. The van der Waals surface area contributed by atoms with E-state index in [-0.39, 0.29) is 29.3 Å². The maximum Gasteiger partial charge on any atom is 0.255 e. The van der Waals surface area contributed by atoms with E-state index in [1.54, 1.807) is 24.3 Å². The molecular formula is C23H28N2O3S. The van der Waals surface area contributed by atoms with Gasteiger partial charge in [0.2, 0.25) is 10.0 Å². The first-order valence-electron chi connectivity index (χ1n) is 9.33. The van der Waals surface area contributed by atoms with Crippen molar-refractivity contribution in [2.75, 3.05) is 18.4 Å². The van der Waals surface area contributed by atoms with Crippen molar-refractivity contribution in [2.24, 2.45) is 0 Å². The highest BCUT2D eigenvalue weighted by Gasteiger charge is 2.22. The van der Waals surface area contributed by atoms with Crippen LogP contribution in [0.25, 0.3) is 0 Å². The topological polar surface area (TPSA) is 66.5 Å². The van der Waals surface area contributed by atoms with Crippen molar-refractivity contribution in [1.82, 2.24) is 4.31 Å². The normalized spacial score (nSPS) is 11.9. The highest BCUT2D eigenvalue weighted by molar-refractivity contribution is 7.89. The Bertz CT molecular complexity index is 960. The molecule has 29 heavy (non-hydrogen) atoms. The minimum Gasteiger partial charge on any atom is -0.322 e. The second-order valence-corrected chi connectivity index (χ2v) is 9.64. The monoisotopic (exact) mass is 412 g/mol. The van der Waals surface area contributed by atoms with Gasteiger partial charge in [-0.05, 0) is 47.4 Å². The molecule has 2 aromatic rings. The van der Waals surface area contributed by atoms with E-state index in [0.29, 0.717) is 11.3 Å². The van der Waals surface area contributed by atoms with Crippen LogP contribution in [-0.2, 0) is 15.4 Å². The summed E-state index contributed by atoms with van der Waals surface area (Å²) in [6, 6.07) is 13.6. The summed E-state index contributed by atoms with van der Waals surface area (Å²) in [4.78, 5) is 12.6. The Morgan fingerprint density at radius 3 is 1.93 bits per heavy atom. The number of carbonyl (C=O) groups excluding carboxylic acids is 1. The van der Waals surface area contributed by atoms with Gasteiger partial charge >= 0.3 is 0 Å². The van der Waals surface area contributed by atoms with E-state index in [4.69, 9.17) is 0 Å². The summed E-state index contributed by atoms with van der Waals surface area (Å²) < 4.78 is 26.7. The first-order chi connectivity index (χ1) is 13.6. The number of rotatable bonds is 8. The van der Waals surface area contributed by atoms with Crippen LogP contribution < -0.4 is 5.32 Å². The number of hydrogen-bond acceptors (Lipinski definition) is 3. The Morgan fingerprint density at radius 2 is 1.48 bits per heavy atom. The van der Waals surface area contributed by atoms with E-state index in [0.717, 1.165) is 5.56 Å². The van der Waals surface area contributed by atoms with Gasteiger partial charge in [0.15, 0.2) is 0 Å². The molecule has 1 N–H and O–H groups in total. The van der Waals surface area contributed by atoms with Gasteiger partial charge in [0.05, 0.1) is 4.90 Å². The summed E-state index contributed by atoms with van der Waals surface area (Å²) in [5.74, 6) is -0.249. The smallest absolute Gasteiger partial charge is 0.255 e. The molecule has 0 aliphatic carbocycles. The van der Waals surface area contributed by atoms with Gasteiger partial charge in [0.25, 0.3) is 5.91 Å². The summed E-state index contributed by atoms with van der Waals surface area (Å²) in [6.45, 7) is 13.9. The Morgan fingerprint density at radius 1 is 0.966 bits per heavy atom. The molecule has 0 aromatic heterocycles. The Hall–Kier alpha value is -2.70. The lowest BCUT2D eigenvalue weighted by Gasteiger charge is -2.19. The molecule has 154 valence electrons. The molecule has 0 saturated carbocycles. The third-order valence-corrected chi connectivity index (χ3v) is 6.27. The number of hydrogen-bond donors (Lipinski definition) is 1. The van der Waals surface area contributed by atoms with E-state index in [2.05, 4.69) is 39.2 Å². The van der Waals surface area contributed by atoms with E-state index >= 15 is 0 Å². The minimum absolute atomic E-state index is 0.0153. The number of amides is 1. The lowest BCUT2D eigenvalue weighted by molar-refractivity contribution is 0.102. The van der Waals surface area contributed by atoms with Crippen molar-refractivity contribution >= 4 is 21.6 Å². The fourth-order valence-corrected chi connectivity index (χ4v) is 4.12. The molecule has 0 radical (unpaired) electrons. The van der Waals surface area contributed by atoms with Crippen LogP contribution in [0.5, 0.6) is 0 Å². The first kappa shape index (κ1) is 22.6. The molecule has 0 saturated heterocycles. The molecule has 6 heteroatoms. The number of nitrogens with one attached hydrogen (secondary N) is 1. The largest absolute Gasteiger partial charge is 0.322 e. The van der Waals surface area contributed by atoms with E-state index in [1.165, 1.54) is 28.6 Å². The molecule has 1 amide bonds. The second-order valence-electron chi connectivity index (χ2n) is 7.71. The fourth-order valence-electron chi connectivity index (χ4n) is 2.74. The average molecular weight is 413 g/mol. The first-order valence-corrected chi connectivity index (χ1v) is 10.8. The Balaban J connectivity index is 2.15. The maximum atomic E-state index is 12.7. The predicted octanol–water partition coefficient (Wildman–Crippen LogP) is 4.60. The molecule has 0 heterocycles. The van der Waals surface area contributed by atoms with Crippen molar-refractivity contribution in [2.45, 2.75) is 31.1 Å². The van der Waals surface area contributed by atoms with E-state index in [9.17, 15) is 13.2 Å². The van der Waals surface area contributed by atoms with E-state index < -0.39 is 10.0 Å². The zero-order chi connectivity index (χ0) is 21.7. The maximum absolute atomic E-state index is 12.7. The zero-order valence-electron chi connectivity index (χ0n) is 17.2. The van der Waals surface area contributed by atoms with Crippen LogP contribution in [0.4, 0.5) is 5.69 Å². The van der Waals surface area contributed by atoms with Crippen LogP contribution in [0.3, 0.4) is 0 Å². The molecular weight excluding hydrogens is 384 g/mol. The number of nitrogens with zero attached hydrogens (tertiary/aromatic N) is 1. The number of sulfonamides is 1. The van der Waals surface area contributed by atoms with Crippen LogP contribution >= 0.6 is 0 Å². The number of benzene rings is 2. The fraction of sp³-hybridized carbons (Fsp3) is 0.261. The molecule has 0 aliphatic rings. The molecule has 2 rings (SSSR count). The predicted molar refractivity (Wildman–Crippen MR) is 119 cm³/mol. The molecule has 0 aliphatic heterocycles. The molecule has 0 atom stereocenters. The highest BCUT2D eigenvalue weighted by Crippen LogP contribution is 2.23. The average Bonchev–Trinajstić information content (AvgIpc) is 2.67. The van der Waals surface area contributed by atoms with Gasteiger partial charge in [-0.15, -0.1) is 13.2 Å². The van der Waals surface area contributed by atoms with Crippen LogP contribution in [0.2, 0.25) is 0 Å². The van der Waals surface area contributed by atoms with Crippen LogP contribution in [0.1, 0.15) is 36.7 Å². The van der Waals surface area contributed by atoms with Gasteiger partial charge in [-0.25, -0.2) is 8.42 Å². The van der Waals surface area contributed by atoms with E-state index in [1.807, 2.05) is 12.1 Å². The van der Waals surface area contributed by atoms with Gasteiger partial charge in [0.1, 0.15) is 0 Å². The molecule has 5 nitrogen and oxygen atoms in total. The van der Waals surface area contributed by atoms with Gasteiger partial charge in [-0.1, -0.05) is 45.1 Å². The van der Waals surface area contributed by atoms with Crippen molar-refractivity contribution in [3.8, 4) is 0 Å². The third kappa shape index (κ3) is 5.65. The lowest BCUT2D eigenvalue weighted by atomic mass is 9.87. The van der Waals surface area contributed by atoms with Gasteiger partial charge in [-0.2, -0.15) is 4.31 Å². The van der Waals surface area contributed by atoms with Crippen LogP contribution in [0, 0.1) is 0 Å². The number of carbonyl (C=O) groups is 1. The third-order valence-electron chi connectivity index (χ3n) is 4.43. The van der Waals surface area contributed by atoms with Crippen molar-refractivity contribution in [3.05, 3.63) is 85.0 Å². The van der Waals surface area contributed by atoms with Gasteiger partial charge in [0, 0.05) is 24.3 Å². The minimum atomic E-state index is -3.66. The summed E-state index contributed by atoms with van der Waals surface area (Å²) in [7, 11) is -3.66. The van der Waals surface area contributed by atoms with Gasteiger partial charge in [-0.3, -0.25) is 4.79 Å². The molecule has 0 unspecified atom stereocenters. The Labute approximate surface area is 173 Å². The quantitative estimate of drug-likeness (QED) is 0.645. The molecule has 0 fully saturated rings. The Kier molecular flexibility index (Phi) is 7.16. The van der Waals surface area contributed by atoms with Crippen LogP contribution in [-0.4, -0.2) is 31.7 Å². The summed E-state index contributed by atoms with van der Waals surface area (Å²) in [6.07, 6.45) is 3.06. The van der Waals surface area contributed by atoms with Gasteiger partial charge < -0.3 is 5.32 Å². The van der Waals surface area contributed by atoms with Crippen molar-refractivity contribution in [1.29, 1.82) is 0 Å². The zero-order valence-corrected chi connectivity index (χ0v) is 18.0.